The molecule has 4 nitrogen and oxygen atoms in total. The van der Waals surface area contributed by atoms with Crippen LogP contribution < -0.4 is 11.1 Å². The summed E-state index contributed by atoms with van der Waals surface area (Å²) in [6.07, 6.45) is 0. The second kappa shape index (κ2) is 8.03. The maximum absolute atomic E-state index is 12.3. The van der Waals surface area contributed by atoms with E-state index in [1.54, 1.807) is 0 Å². The zero-order chi connectivity index (χ0) is 16.0. The average Bonchev–Trinajstić information content (AvgIpc) is 2.42. The maximum atomic E-state index is 12.3. The molecule has 0 saturated heterocycles. The molecule has 0 bridgehead atoms. The number of nitrogen functional groups attached to an aromatic ring is 1. The Morgan fingerprint density at radius 1 is 1.19 bits per heavy atom. The number of nitrogens with one attached hydrogen (secondary N) is 1. The Labute approximate surface area is 128 Å². The molecule has 0 aliphatic carbocycles. The molecular weight excluding hydrogens is 262 g/mol. The van der Waals surface area contributed by atoms with Crippen LogP contribution in [0.4, 0.5) is 5.69 Å². The summed E-state index contributed by atoms with van der Waals surface area (Å²) in [7, 11) is 0. The molecule has 0 radical (unpaired) electrons. The van der Waals surface area contributed by atoms with Crippen LogP contribution in [0.1, 0.15) is 40.2 Å². The van der Waals surface area contributed by atoms with Gasteiger partial charge in [-0.25, -0.2) is 0 Å². The Morgan fingerprint density at radius 3 is 2.33 bits per heavy atom. The van der Waals surface area contributed by atoms with Gasteiger partial charge in [0.05, 0.1) is 6.04 Å². The summed E-state index contributed by atoms with van der Waals surface area (Å²) in [5.41, 5.74) is 7.86. The zero-order valence-corrected chi connectivity index (χ0v) is 13.9. The molecule has 0 saturated carbocycles. The number of anilines is 1. The van der Waals surface area contributed by atoms with Crippen LogP contribution in [0.15, 0.2) is 24.3 Å². The second-order valence-electron chi connectivity index (χ2n) is 6.28. The number of nitrogens with zero attached hydrogens (tertiary/aromatic N) is 1. The molecule has 1 amide bonds. The van der Waals surface area contributed by atoms with Crippen LogP contribution >= 0.6 is 0 Å². The molecule has 1 unspecified atom stereocenters. The van der Waals surface area contributed by atoms with E-state index >= 15 is 0 Å². The third-order valence-electron chi connectivity index (χ3n) is 3.63. The van der Waals surface area contributed by atoms with E-state index < -0.39 is 0 Å². The van der Waals surface area contributed by atoms with Gasteiger partial charge in [0.15, 0.2) is 0 Å². The summed E-state index contributed by atoms with van der Waals surface area (Å²) in [5, 5.41) is 3.01. The van der Waals surface area contributed by atoms with E-state index in [-0.39, 0.29) is 18.0 Å². The van der Waals surface area contributed by atoms with E-state index in [1.807, 2.05) is 31.2 Å². The van der Waals surface area contributed by atoms with Crippen LogP contribution in [0.5, 0.6) is 0 Å². The van der Waals surface area contributed by atoms with Crippen molar-refractivity contribution < 1.29 is 4.79 Å². The number of hydrogen-bond acceptors (Lipinski definition) is 3. The van der Waals surface area contributed by atoms with E-state index in [4.69, 9.17) is 5.73 Å². The highest BCUT2D eigenvalue weighted by Gasteiger charge is 2.24. The molecule has 0 fully saturated rings. The lowest BCUT2D eigenvalue weighted by Crippen LogP contribution is -2.48. The number of carbonyl (C=O) groups is 1. The van der Waals surface area contributed by atoms with Crippen LogP contribution in [0.3, 0.4) is 0 Å². The Bertz CT molecular complexity index is 457. The number of carbonyl (C=O) groups excluding carboxylic acids is 1. The van der Waals surface area contributed by atoms with Crippen molar-refractivity contribution >= 4 is 11.6 Å². The van der Waals surface area contributed by atoms with Gasteiger partial charge in [0.2, 0.25) is 5.91 Å². The van der Waals surface area contributed by atoms with E-state index in [0.717, 1.165) is 11.3 Å². The Hall–Kier alpha value is -1.55. The minimum atomic E-state index is -0.177. The minimum absolute atomic E-state index is 0.0758. The molecule has 1 aromatic rings. The third-order valence-corrected chi connectivity index (χ3v) is 3.63. The first-order valence-electron chi connectivity index (χ1n) is 7.69. The lowest BCUT2D eigenvalue weighted by atomic mass is 10.1. The van der Waals surface area contributed by atoms with Gasteiger partial charge in [-0.05, 0) is 38.3 Å². The Balaban J connectivity index is 2.77. The Kier molecular flexibility index (Phi) is 6.69. The topological polar surface area (TPSA) is 58.4 Å². The fourth-order valence-corrected chi connectivity index (χ4v) is 2.24. The van der Waals surface area contributed by atoms with Gasteiger partial charge >= 0.3 is 0 Å². The standard InChI is InChI=1S/C17H29N3O/c1-12(2)10-19-17(21)14(5)20(13(3)4)11-15-8-6-7-9-16(15)18/h6-9,12-14H,10-11,18H2,1-5H3,(H,19,21). The van der Waals surface area contributed by atoms with Crippen molar-refractivity contribution in [2.24, 2.45) is 5.92 Å². The molecule has 1 atom stereocenters. The van der Waals surface area contributed by atoms with Crippen molar-refractivity contribution in [2.45, 2.75) is 53.2 Å². The van der Waals surface area contributed by atoms with Crippen molar-refractivity contribution in [1.29, 1.82) is 0 Å². The number of para-hydroxylation sites is 1. The number of benzene rings is 1. The summed E-state index contributed by atoms with van der Waals surface area (Å²) in [6.45, 7) is 11.7. The van der Waals surface area contributed by atoms with Crippen LogP contribution in [0.25, 0.3) is 0 Å². The van der Waals surface area contributed by atoms with Crippen LogP contribution in [0.2, 0.25) is 0 Å². The van der Waals surface area contributed by atoms with Crippen LogP contribution in [-0.4, -0.2) is 29.4 Å². The predicted molar refractivity (Wildman–Crippen MR) is 88.8 cm³/mol. The fraction of sp³-hybridized carbons (Fsp3) is 0.588. The number of hydrogen-bond donors (Lipinski definition) is 2. The molecular formula is C17H29N3O. The molecule has 3 N–H and O–H groups in total. The van der Waals surface area contributed by atoms with Crippen molar-refractivity contribution in [3.05, 3.63) is 29.8 Å². The summed E-state index contributed by atoms with van der Waals surface area (Å²) in [4.78, 5) is 14.5. The molecule has 1 rings (SSSR count). The monoisotopic (exact) mass is 291 g/mol. The third kappa shape index (κ3) is 5.38. The van der Waals surface area contributed by atoms with Gasteiger partial charge in [0.25, 0.3) is 0 Å². The van der Waals surface area contributed by atoms with Crippen molar-refractivity contribution in [1.82, 2.24) is 10.2 Å². The van der Waals surface area contributed by atoms with E-state index in [1.165, 1.54) is 0 Å². The minimum Gasteiger partial charge on any atom is -0.398 e. The van der Waals surface area contributed by atoms with Crippen molar-refractivity contribution in [3.63, 3.8) is 0 Å². The van der Waals surface area contributed by atoms with Gasteiger partial charge in [0, 0.05) is 24.8 Å². The highest BCUT2D eigenvalue weighted by atomic mass is 16.2. The van der Waals surface area contributed by atoms with E-state index in [2.05, 4.69) is 37.9 Å². The van der Waals surface area contributed by atoms with Gasteiger partial charge in [-0.15, -0.1) is 0 Å². The lowest BCUT2D eigenvalue weighted by molar-refractivity contribution is -0.127. The van der Waals surface area contributed by atoms with Gasteiger partial charge in [0.1, 0.15) is 0 Å². The summed E-state index contributed by atoms with van der Waals surface area (Å²) in [6, 6.07) is 7.92. The molecule has 0 spiro atoms. The first-order chi connectivity index (χ1) is 9.82. The smallest absolute Gasteiger partial charge is 0.237 e. The average molecular weight is 291 g/mol. The highest BCUT2D eigenvalue weighted by molar-refractivity contribution is 5.81. The van der Waals surface area contributed by atoms with Gasteiger partial charge in [-0.1, -0.05) is 32.0 Å². The molecule has 21 heavy (non-hydrogen) atoms. The highest BCUT2D eigenvalue weighted by Crippen LogP contribution is 2.17. The fourth-order valence-electron chi connectivity index (χ4n) is 2.24. The second-order valence-corrected chi connectivity index (χ2v) is 6.28. The molecule has 0 heterocycles. The summed E-state index contributed by atoms with van der Waals surface area (Å²) < 4.78 is 0. The molecule has 0 aliphatic rings. The normalized spacial score (nSPS) is 13.0. The Morgan fingerprint density at radius 2 is 1.81 bits per heavy atom. The predicted octanol–water partition coefficient (Wildman–Crippen LogP) is 2.64. The van der Waals surface area contributed by atoms with Crippen LogP contribution in [0, 0.1) is 5.92 Å². The van der Waals surface area contributed by atoms with E-state index in [9.17, 15) is 4.79 Å². The molecule has 118 valence electrons. The zero-order valence-electron chi connectivity index (χ0n) is 13.9. The molecule has 4 heteroatoms. The van der Waals surface area contributed by atoms with Crippen molar-refractivity contribution in [3.8, 4) is 0 Å². The number of rotatable bonds is 7. The van der Waals surface area contributed by atoms with Crippen molar-refractivity contribution in [2.75, 3.05) is 12.3 Å². The summed E-state index contributed by atoms with van der Waals surface area (Å²) in [5.74, 6) is 0.533. The molecule has 0 aliphatic heterocycles. The first kappa shape index (κ1) is 17.5. The SMILES string of the molecule is CC(C)CNC(=O)C(C)N(Cc1ccccc1N)C(C)C. The van der Waals surface area contributed by atoms with Gasteiger partial charge in [-0.2, -0.15) is 0 Å². The summed E-state index contributed by atoms with van der Waals surface area (Å²) >= 11 is 0. The largest absolute Gasteiger partial charge is 0.398 e. The van der Waals surface area contributed by atoms with Crippen LogP contribution in [-0.2, 0) is 11.3 Å². The first-order valence-corrected chi connectivity index (χ1v) is 7.69. The number of amides is 1. The van der Waals surface area contributed by atoms with E-state index in [0.29, 0.717) is 19.0 Å². The maximum Gasteiger partial charge on any atom is 0.237 e. The quantitative estimate of drug-likeness (QED) is 0.759. The molecule has 0 aromatic heterocycles. The van der Waals surface area contributed by atoms with Gasteiger partial charge < -0.3 is 11.1 Å². The molecule has 1 aromatic carbocycles. The number of nitrogens with two attached hydrogens (primary N) is 1. The van der Waals surface area contributed by atoms with Gasteiger partial charge in [-0.3, -0.25) is 9.69 Å². The lowest BCUT2D eigenvalue weighted by Gasteiger charge is -2.32.